The van der Waals surface area contributed by atoms with Crippen LogP contribution in [0.3, 0.4) is 0 Å². The maximum atomic E-state index is 14.4. The Kier molecular flexibility index (Phi) is 19.8. The molecular weight excluding hydrogens is 851 g/mol. The van der Waals surface area contributed by atoms with Gasteiger partial charge in [-0.3, -0.25) is 24.2 Å². The van der Waals surface area contributed by atoms with Gasteiger partial charge in [0.25, 0.3) is 5.91 Å². The number of rotatable bonds is 11. The molecule has 0 aromatic heterocycles. The predicted octanol–water partition coefficient (Wildman–Crippen LogP) is 6.46. The van der Waals surface area contributed by atoms with E-state index in [1.54, 1.807) is 38.1 Å². The Morgan fingerprint density at radius 2 is 1.60 bits per heavy atom. The Morgan fingerprint density at radius 1 is 0.896 bits per heavy atom. The zero-order chi connectivity index (χ0) is 48.5. The summed E-state index contributed by atoms with van der Waals surface area (Å²) in [6, 6.07) is 20.9. The van der Waals surface area contributed by atoms with E-state index >= 15 is 0 Å². The lowest BCUT2D eigenvalue weighted by Gasteiger charge is -2.38. The molecule has 8 unspecified atom stereocenters. The molecule has 67 heavy (non-hydrogen) atoms. The molecular formula is C53H67N5O9. The van der Waals surface area contributed by atoms with Crippen LogP contribution in [0.15, 0.2) is 127 Å². The Morgan fingerprint density at radius 3 is 2.28 bits per heavy atom. The average molecular weight is 918 g/mol. The third-order valence-electron chi connectivity index (χ3n) is 12.1. The van der Waals surface area contributed by atoms with Crippen LogP contribution in [0.2, 0.25) is 0 Å². The third kappa shape index (κ3) is 16.0. The highest BCUT2D eigenvalue weighted by Crippen LogP contribution is 2.25. The summed E-state index contributed by atoms with van der Waals surface area (Å²) in [4.78, 5) is 67.6. The van der Waals surface area contributed by atoms with E-state index < -0.39 is 72.1 Å². The second-order valence-corrected chi connectivity index (χ2v) is 17.9. The number of hydrazine groups is 1. The van der Waals surface area contributed by atoms with Gasteiger partial charge in [-0.2, -0.15) is 0 Å². The summed E-state index contributed by atoms with van der Waals surface area (Å²) < 4.78 is 6.31. The number of nitrogens with zero attached hydrogens (tertiary/aromatic N) is 1. The van der Waals surface area contributed by atoms with Crippen LogP contribution < -0.4 is 21.4 Å². The summed E-state index contributed by atoms with van der Waals surface area (Å²) in [5.41, 5.74) is 7.15. The van der Waals surface area contributed by atoms with E-state index in [1.165, 1.54) is 30.1 Å². The van der Waals surface area contributed by atoms with E-state index in [9.17, 15) is 39.3 Å². The maximum Gasteiger partial charge on any atom is 0.259 e. The van der Waals surface area contributed by atoms with Crippen molar-refractivity contribution in [2.24, 2.45) is 17.8 Å². The van der Waals surface area contributed by atoms with Crippen LogP contribution >= 0.6 is 0 Å². The molecule has 3 aromatic carbocycles. The van der Waals surface area contributed by atoms with E-state index in [4.69, 9.17) is 4.74 Å². The number of carbonyl (C=O) groups excluding carboxylic acids is 5. The number of aromatic hydroxyl groups is 1. The van der Waals surface area contributed by atoms with Gasteiger partial charge >= 0.3 is 0 Å². The van der Waals surface area contributed by atoms with Crippen molar-refractivity contribution in [1.29, 1.82) is 0 Å². The van der Waals surface area contributed by atoms with Gasteiger partial charge in [-0.1, -0.05) is 112 Å². The number of aliphatic hydroxyl groups excluding tert-OH is 2. The van der Waals surface area contributed by atoms with E-state index in [1.807, 2.05) is 92.7 Å². The predicted molar refractivity (Wildman–Crippen MR) is 259 cm³/mol. The fourth-order valence-corrected chi connectivity index (χ4v) is 8.11. The number of allylic oxidation sites excluding steroid dienone is 5. The number of aliphatic hydroxyl groups is 2. The van der Waals surface area contributed by atoms with Crippen molar-refractivity contribution in [3.05, 3.63) is 133 Å². The number of amides is 4. The van der Waals surface area contributed by atoms with Gasteiger partial charge in [-0.25, -0.2) is 5.43 Å². The topological polar surface area (TPSA) is 207 Å². The number of nitrogens with one attached hydrogen (secondary N) is 4. The van der Waals surface area contributed by atoms with Gasteiger partial charge in [-0.05, 0) is 104 Å². The molecule has 0 spiro atoms. The second kappa shape index (κ2) is 25.6. The quantitative estimate of drug-likeness (QED) is 0.0826. The SMILES string of the molecule is CC(=O)CCC1C(=O)NC(C(C)C)C(=O)NC(Cc2cccc(O)c2)C(=O)N2CCCC(N2)C(O)OC(C(C)=CC=CC(=O)Nc2ccc(-c3ccccc3)cc2)CC=CC=CCC(C)C1O. The molecule has 5 rings (SSSR count). The van der Waals surface area contributed by atoms with Crippen LogP contribution in [0.25, 0.3) is 11.1 Å². The largest absolute Gasteiger partial charge is 0.508 e. The number of phenols is 1. The molecule has 0 saturated carbocycles. The first-order valence-electron chi connectivity index (χ1n) is 23.2. The lowest BCUT2D eigenvalue weighted by atomic mass is 9.85. The van der Waals surface area contributed by atoms with Crippen molar-refractivity contribution in [1.82, 2.24) is 21.1 Å². The van der Waals surface area contributed by atoms with Gasteiger partial charge in [0.2, 0.25) is 17.7 Å². The summed E-state index contributed by atoms with van der Waals surface area (Å²) in [5.74, 6) is -4.04. The molecule has 2 heterocycles. The van der Waals surface area contributed by atoms with Crippen molar-refractivity contribution in [3.8, 4) is 16.9 Å². The van der Waals surface area contributed by atoms with Crippen LogP contribution in [0.1, 0.15) is 78.7 Å². The van der Waals surface area contributed by atoms with Gasteiger partial charge in [0.05, 0.1) is 24.2 Å². The van der Waals surface area contributed by atoms with E-state index in [0.29, 0.717) is 42.5 Å². The fraction of sp³-hybridized carbons (Fsp3) is 0.415. The highest BCUT2D eigenvalue weighted by atomic mass is 16.6. The number of fused-ring (bicyclic) bond motifs is 2. The zero-order valence-corrected chi connectivity index (χ0v) is 39.1. The molecule has 8 atom stereocenters. The molecule has 2 aliphatic rings. The monoisotopic (exact) mass is 917 g/mol. The number of ether oxygens (including phenoxy) is 1. The highest BCUT2D eigenvalue weighted by molar-refractivity contribution is 5.99. The van der Waals surface area contributed by atoms with Crippen LogP contribution in [0, 0.1) is 17.8 Å². The molecule has 3 aromatic rings. The first-order valence-corrected chi connectivity index (χ1v) is 23.2. The first kappa shape index (κ1) is 51.8. The van der Waals surface area contributed by atoms with Gasteiger partial charge in [0, 0.05) is 31.1 Å². The molecule has 1 fully saturated rings. The molecule has 358 valence electrons. The average Bonchev–Trinajstić information content (AvgIpc) is 3.30. The number of hydrogen-bond donors (Lipinski definition) is 7. The van der Waals surface area contributed by atoms with Gasteiger partial charge in [-0.15, -0.1) is 0 Å². The zero-order valence-electron chi connectivity index (χ0n) is 39.1. The van der Waals surface area contributed by atoms with Gasteiger partial charge in [0.1, 0.15) is 23.6 Å². The first-order chi connectivity index (χ1) is 32.1. The van der Waals surface area contributed by atoms with E-state index in [-0.39, 0.29) is 43.2 Å². The second-order valence-electron chi connectivity index (χ2n) is 17.9. The lowest BCUT2D eigenvalue weighted by molar-refractivity contribution is -0.166. The van der Waals surface area contributed by atoms with Crippen LogP contribution in [-0.4, -0.2) is 92.9 Å². The van der Waals surface area contributed by atoms with Crippen molar-refractivity contribution >= 4 is 35.1 Å². The Bertz CT molecular complexity index is 2260. The molecule has 0 radical (unpaired) electrons. The van der Waals surface area contributed by atoms with Crippen LogP contribution in [0.4, 0.5) is 5.69 Å². The molecule has 0 aliphatic carbocycles. The van der Waals surface area contributed by atoms with Gasteiger partial charge < -0.3 is 40.8 Å². The van der Waals surface area contributed by atoms with E-state index in [2.05, 4.69) is 21.4 Å². The van der Waals surface area contributed by atoms with E-state index in [0.717, 1.165) is 11.1 Å². The van der Waals surface area contributed by atoms with Crippen LogP contribution in [0.5, 0.6) is 5.75 Å². The fourth-order valence-electron chi connectivity index (χ4n) is 8.11. The molecule has 7 N–H and O–H groups in total. The molecule has 2 bridgehead atoms. The van der Waals surface area contributed by atoms with Crippen molar-refractivity contribution in [2.45, 2.75) is 116 Å². The summed E-state index contributed by atoms with van der Waals surface area (Å²) in [5, 5.41) is 43.3. The highest BCUT2D eigenvalue weighted by Gasteiger charge is 2.37. The number of carbonyl (C=O) groups is 5. The molecule has 4 amide bonds. The number of phenolic OH excluding ortho intramolecular Hbond substituents is 1. The molecule has 2 aliphatic heterocycles. The Labute approximate surface area is 394 Å². The molecule has 1 saturated heterocycles. The van der Waals surface area contributed by atoms with Crippen LogP contribution in [-0.2, 0) is 35.1 Å². The van der Waals surface area contributed by atoms with Gasteiger partial charge in [0.15, 0.2) is 6.29 Å². The molecule has 14 nitrogen and oxygen atoms in total. The van der Waals surface area contributed by atoms with Crippen molar-refractivity contribution in [3.63, 3.8) is 0 Å². The third-order valence-corrected chi connectivity index (χ3v) is 12.1. The number of Topliss-reactive ketones (excluding diaryl/α,β-unsaturated/α-hetero) is 1. The normalized spacial score (nSPS) is 25.2. The van der Waals surface area contributed by atoms with Crippen molar-refractivity contribution in [2.75, 3.05) is 11.9 Å². The standard InChI is InChI=1S/C53H67N5O9/c1-34(2)48-51(64)55-45(33-38-18-14-21-42(60)32-38)52(65)58-31-15-22-44(57-58)53(66)67-46(23-12-7-6-9-16-36(4)49(62)43(50(63)56-48)30-25-37(5)59)35(3)17-13-24-47(61)54-41-28-26-40(27-29-41)39-19-10-8-11-20-39/h6-14,17-21,24,26-29,32,34,36,43-46,48-49,53,57,60,62,66H,15-16,22-23,25,30-31,33H2,1-5H3,(H,54,61)(H,55,64)(H,56,63). The smallest absolute Gasteiger partial charge is 0.259 e. The Balaban J connectivity index is 1.40. The lowest BCUT2D eigenvalue weighted by Crippen LogP contribution is -2.63. The Hall–Kier alpha value is -6.19. The van der Waals surface area contributed by atoms with Crippen molar-refractivity contribution < 1.29 is 44.0 Å². The minimum absolute atomic E-state index is 0.00487. The number of hydrogen-bond acceptors (Lipinski definition) is 10. The number of anilines is 1. The number of ketones is 1. The number of benzene rings is 3. The summed E-state index contributed by atoms with van der Waals surface area (Å²) in [6.07, 6.45) is 10.8. The summed E-state index contributed by atoms with van der Waals surface area (Å²) >= 11 is 0. The summed E-state index contributed by atoms with van der Waals surface area (Å²) in [6.45, 7) is 8.83. The maximum absolute atomic E-state index is 14.4. The summed E-state index contributed by atoms with van der Waals surface area (Å²) in [7, 11) is 0. The minimum atomic E-state index is -1.38. The minimum Gasteiger partial charge on any atom is -0.508 e. The molecule has 14 heteroatoms.